The molecule has 0 radical (unpaired) electrons. The average molecular weight is 643 g/mol. The molecule has 1 saturated heterocycles. The summed E-state index contributed by atoms with van der Waals surface area (Å²) in [5.74, 6) is -0.733. The third kappa shape index (κ3) is 6.98. The minimum Gasteiger partial charge on any atom is -0.478 e. The van der Waals surface area contributed by atoms with E-state index in [4.69, 9.17) is 0 Å². The lowest BCUT2D eigenvalue weighted by Gasteiger charge is -2.35. The first kappa shape index (κ1) is 32.6. The van der Waals surface area contributed by atoms with Crippen molar-refractivity contribution in [2.75, 3.05) is 13.1 Å². The summed E-state index contributed by atoms with van der Waals surface area (Å²) in [6.45, 7) is 8.75. The Bertz CT molecular complexity index is 1940. The molecule has 0 saturated carbocycles. The number of aromatic nitrogens is 1. The van der Waals surface area contributed by atoms with Gasteiger partial charge in [0, 0.05) is 54.4 Å². The fraction of sp³-hybridized carbons (Fsp3) is 0.275. The van der Waals surface area contributed by atoms with Crippen LogP contribution in [0.2, 0.25) is 0 Å². The SMILES string of the molecule is Cc1c(C)n(Cc2ccc(-c3ccccc3C(=O)O)cc2)c2ccc(C(=O)NC(C)C3CCN(C(=O)NCc4ccccc4)CC3)cc12. The molecule has 1 aliphatic rings. The minimum atomic E-state index is -0.941. The van der Waals surface area contributed by atoms with Crippen LogP contribution in [-0.4, -0.2) is 51.6 Å². The molecule has 48 heavy (non-hydrogen) atoms. The van der Waals surface area contributed by atoms with Crippen molar-refractivity contribution in [3.05, 3.63) is 131 Å². The average Bonchev–Trinajstić information content (AvgIpc) is 3.35. The molecule has 1 aromatic heterocycles. The van der Waals surface area contributed by atoms with Crippen molar-refractivity contribution >= 4 is 28.8 Å². The summed E-state index contributed by atoms with van der Waals surface area (Å²) in [6.07, 6.45) is 1.68. The number of hydrogen-bond donors (Lipinski definition) is 3. The molecule has 3 N–H and O–H groups in total. The number of carboxylic acid groups (broad SMARTS) is 1. The molecule has 8 nitrogen and oxygen atoms in total. The van der Waals surface area contributed by atoms with Gasteiger partial charge in [0.2, 0.25) is 0 Å². The Morgan fingerprint density at radius 2 is 1.54 bits per heavy atom. The van der Waals surface area contributed by atoms with Crippen LogP contribution in [0.1, 0.15) is 62.9 Å². The summed E-state index contributed by atoms with van der Waals surface area (Å²) < 4.78 is 2.26. The second-order valence-corrected chi connectivity index (χ2v) is 12.8. The molecular formula is C40H42N4O4. The van der Waals surface area contributed by atoms with Gasteiger partial charge in [-0.2, -0.15) is 0 Å². The standard InChI is InChI=1S/C40H42N4O4/c1-26-28(3)44(25-30-13-15-32(16-14-30)34-11-7-8-12-35(34)39(46)47)37-18-17-33(23-36(26)37)38(45)42-27(2)31-19-21-43(22-20-31)40(48)41-24-29-9-5-4-6-10-29/h4-18,23,27,31H,19-22,24-25H2,1-3H3,(H,41,48)(H,42,45)(H,46,47). The summed E-state index contributed by atoms with van der Waals surface area (Å²) in [5, 5.41) is 16.9. The number of hydrogen-bond acceptors (Lipinski definition) is 3. The van der Waals surface area contributed by atoms with Crippen LogP contribution in [-0.2, 0) is 13.1 Å². The highest BCUT2D eigenvalue weighted by atomic mass is 16.4. The Morgan fingerprint density at radius 3 is 2.25 bits per heavy atom. The lowest BCUT2D eigenvalue weighted by Crippen LogP contribution is -2.48. The highest BCUT2D eigenvalue weighted by Gasteiger charge is 2.27. The van der Waals surface area contributed by atoms with Gasteiger partial charge in [0.25, 0.3) is 5.91 Å². The zero-order valence-corrected chi connectivity index (χ0v) is 27.7. The van der Waals surface area contributed by atoms with E-state index in [2.05, 4.69) is 36.0 Å². The number of aromatic carboxylic acids is 1. The largest absolute Gasteiger partial charge is 0.478 e. The Morgan fingerprint density at radius 1 is 0.854 bits per heavy atom. The van der Waals surface area contributed by atoms with Crippen LogP contribution in [0.3, 0.4) is 0 Å². The highest BCUT2D eigenvalue weighted by molar-refractivity contribution is 5.99. The Balaban J connectivity index is 1.07. The van der Waals surface area contributed by atoms with Crippen LogP contribution >= 0.6 is 0 Å². The van der Waals surface area contributed by atoms with Crippen LogP contribution in [0, 0.1) is 19.8 Å². The first-order chi connectivity index (χ1) is 23.2. The fourth-order valence-electron chi connectivity index (χ4n) is 6.78. The van der Waals surface area contributed by atoms with Gasteiger partial charge in [0.1, 0.15) is 0 Å². The lowest BCUT2D eigenvalue weighted by molar-refractivity contribution is 0.0697. The number of nitrogens with one attached hydrogen (secondary N) is 2. The van der Waals surface area contributed by atoms with Gasteiger partial charge >= 0.3 is 12.0 Å². The van der Waals surface area contributed by atoms with Crippen LogP contribution in [0.25, 0.3) is 22.0 Å². The lowest BCUT2D eigenvalue weighted by atomic mass is 9.90. The summed E-state index contributed by atoms with van der Waals surface area (Å²) in [6, 6.07) is 30.8. The molecule has 3 amide bonds. The van der Waals surface area contributed by atoms with Crippen molar-refractivity contribution in [1.82, 2.24) is 20.1 Å². The summed E-state index contributed by atoms with van der Waals surface area (Å²) in [7, 11) is 0. The number of benzene rings is 4. The molecule has 0 aliphatic carbocycles. The molecule has 1 atom stereocenters. The predicted octanol–water partition coefficient (Wildman–Crippen LogP) is 7.41. The summed E-state index contributed by atoms with van der Waals surface area (Å²) in [5.41, 5.74) is 7.98. The summed E-state index contributed by atoms with van der Waals surface area (Å²) in [4.78, 5) is 39.7. The van der Waals surface area contributed by atoms with Crippen LogP contribution in [0.4, 0.5) is 4.79 Å². The van der Waals surface area contributed by atoms with E-state index in [0.717, 1.165) is 51.7 Å². The van der Waals surface area contributed by atoms with E-state index in [9.17, 15) is 19.5 Å². The number of likely N-dealkylation sites (tertiary alicyclic amines) is 1. The number of piperidine rings is 1. The van der Waals surface area contributed by atoms with E-state index in [-0.39, 0.29) is 23.5 Å². The number of urea groups is 1. The van der Waals surface area contributed by atoms with Gasteiger partial charge < -0.3 is 25.2 Å². The van der Waals surface area contributed by atoms with Gasteiger partial charge in [0.05, 0.1) is 5.56 Å². The van der Waals surface area contributed by atoms with Crippen LogP contribution < -0.4 is 10.6 Å². The van der Waals surface area contributed by atoms with Crippen molar-refractivity contribution in [2.45, 2.75) is 52.7 Å². The predicted molar refractivity (Wildman–Crippen MR) is 189 cm³/mol. The first-order valence-corrected chi connectivity index (χ1v) is 16.6. The fourth-order valence-corrected chi connectivity index (χ4v) is 6.78. The van der Waals surface area contributed by atoms with Crippen molar-refractivity contribution in [1.29, 1.82) is 0 Å². The van der Waals surface area contributed by atoms with E-state index in [1.807, 2.05) is 89.8 Å². The maximum atomic E-state index is 13.4. The molecule has 0 spiro atoms. The molecule has 246 valence electrons. The minimum absolute atomic E-state index is 0.0133. The number of amides is 3. The first-order valence-electron chi connectivity index (χ1n) is 16.6. The van der Waals surface area contributed by atoms with Gasteiger partial charge in [-0.25, -0.2) is 9.59 Å². The van der Waals surface area contributed by atoms with E-state index in [0.29, 0.717) is 43.2 Å². The van der Waals surface area contributed by atoms with Crippen molar-refractivity contribution < 1.29 is 19.5 Å². The molecule has 6 rings (SSSR count). The molecule has 0 bridgehead atoms. The monoisotopic (exact) mass is 642 g/mol. The third-order valence-electron chi connectivity index (χ3n) is 9.84. The molecule has 4 aromatic carbocycles. The zero-order chi connectivity index (χ0) is 33.8. The number of nitrogens with zero attached hydrogens (tertiary/aromatic N) is 2. The Labute approximate surface area is 281 Å². The van der Waals surface area contributed by atoms with Crippen molar-refractivity contribution in [3.8, 4) is 11.1 Å². The molecule has 8 heteroatoms. The second kappa shape index (κ2) is 14.2. The second-order valence-electron chi connectivity index (χ2n) is 12.8. The highest BCUT2D eigenvalue weighted by Crippen LogP contribution is 2.29. The van der Waals surface area contributed by atoms with Crippen molar-refractivity contribution in [2.24, 2.45) is 5.92 Å². The van der Waals surface area contributed by atoms with Crippen LogP contribution in [0.15, 0.2) is 97.1 Å². The molecule has 5 aromatic rings. The maximum Gasteiger partial charge on any atom is 0.336 e. The number of fused-ring (bicyclic) bond motifs is 1. The van der Waals surface area contributed by atoms with Crippen LogP contribution in [0.5, 0.6) is 0 Å². The van der Waals surface area contributed by atoms with E-state index >= 15 is 0 Å². The van der Waals surface area contributed by atoms with Gasteiger partial charge in [-0.05, 0) is 91.6 Å². The van der Waals surface area contributed by atoms with Gasteiger partial charge in [-0.1, -0.05) is 72.8 Å². The van der Waals surface area contributed by atoms with Gasteiger partial charge in [-0.3, -0.25) is 4.79 Å². The molecule has 1 fully saturated rings. The Kier molecular flexibility index (Phi) is 9.62. The smallest absolute Gasteiger partial charge is 0.336 e. The quantitative estimate of drug-likeness (QED) is 0.156. The third-order valence-corrected chi connectivity index (χ3v) is 9.84. The normalized spacial score (nSPS) is 14.1. The Hall–Kier alpha value is -5.37. The number of carboxylic acids is 1. The summed E-state index contributed by atoms with van der Waals surface area (Å²) >= 11 is 0. The zero-order valence-electron chi connectivity index (χ0n) is 27.7. The van der Waals surface area contributed by atoms with Gasteiger partial charge in [0.15, 0.2) is 0 Å². The van der Waals surface area contributed by atoms with Gasteiger partial charge in [-0.15, -0.1) is 0 Å². The van der Waals surface area contributed by atoms with E-state index < -0.39 is 5.97 Å². The van der Waals surface area contributed by atoms with Crippen molar-refractivity contribution in [3.63, 3.8) is 0 Å². The number of carbonyl (C=O) groups is 3. The van der Waals surface area contributed by atoms with E-state index in [1.54, 1.807) is 12.1 Å². The molecule has 1 aliphatic heterocycles. The maximum absolute atomic E-state index is 13.4. The molecule has 1 unspecified atom stereocenters. The molecular weight excluding hydrogens is 600 g/mol. The number of carbonyl (C=O) groups excluding carboxylic acids is 2. The molecule has 2 heterocycles. The number of rotatable bonds is 9. The number of aryl methyl sites for hydroxylation is 1. The van der Waals surface area contributed by atoms with E-state index in [1.165, 1.54) is 0 Å². The topological polar surface area (TPSA) is 104 Å².